The molecular weight excluding hydrogens is 184 g/mol. The maximum Gasteiger partial charge on any atom is 0.0638 e. The molecule has 0 aliphatic heterocycles. The third-order valence-corrected chi connectivity index (χ3v) is 3.55. The van der Waals surface area contributed by atoms with Crippen LogP contribution in [0.25, 0.3) is 0 Å². The first kappa shape index (κ1) is 12.5. The van der Waals surface area contributed by atoms with Gasteiger partial charge in [0, 0.05) is 12.1 Å². The van der Waals surface area contributed by atoms with Gasteiger partial charge < -0.3 is 5.32 Å². The molecule has 1 aliphatic carbocycles. The monoisotopic (exact) mass is 208 g/mol. The van der Waals surface area contributed by atoms with Gasteiger partial charge in [-0.3, -0.25) is 0 Å². The molecule has 86 valence electrons. The fourth-order valence-corrected chi connectivity index (χ4v) is 2.69. The predicted octanol–water partition coefficient (Wildman–Crippen LogP) is 3.24. The molecule has 1 aliphatic rings. The number of hydrogen-bond donors (Lipinski definition) is 1. The highest BCUT2D eigenvalue weighted by Gasteiger charge is 2.22. The molecule has 0 heterocycles. The molecule has 0 aromatic heterocycles. The SMILES string of the molecule is CCC(NC(C)CC#N)C1CCCCC1. The lowest BCUT2D eigenvalue weighted by Crippen LogP contribution is -2.41. The van der Waals surface area contributed by atoms with Crippen LogP contribution in [-0.2, 0) is 0 Å². The minimum absolute atomic E-state index is 0.349. The van der Waals surface area contributed by atoms with Gasteiger partial charge in [0.25, 0.3) is 0 Å². The third kappa shape index (κ3) is 4.22. The van der Waals surface area contributed by atoms with Crippen LogP contribution in [0.3, 0.4) is 0 Å². The molecule has 0 radical (unpaired) electrons. The molecule has 2 nitrogen and oxygen atoms in total. The van der Waals surface area contributed by atoms with Gasteiger partial charge in [0.15, 0.2) is 0 Å². The fraction of sp³-hybridized carbons (Fsp3) is 0.923. The van der Waals surface area contributed by atoms with Crippen molar-refractivity contribution < 1.29 is 0 Å². The Morgan fingerprint density at radius 1 is 1.33 bits per heavy atom. The molecule has 0 spiro atoms. The summed E-state index contributed by atoms with van der Waals surface area (Å²) in [5.41, 5.74) is 0. The smallest absolute Gasteiger partial charge is 0.0638 e. The summed E-state index contributed by atoms with van der Waals surface area (Å²) in [5.74, 6) is 0.852. The molecule has 2 heteroatoms. The average molecular weight is 208 g/mol. The van der Waals surface area contributed by atoms with Crippen LogP contribution >= 0.6 is 0 Å². The van der Waals surface area contributed by atoms with Crippen molar-refractivity contribution in [2.75, 3.05) is 0 Å². The first-order chi connectivity index (χ1) is 7.27. The molecule has 0 aromatic carbocycles. The Balaban J connectivity index is 2.36. The summed E-state index contributed by atoms with van der Waals surface area (Å²) in [6, 6.07) is 3.22. The number of nitrogens with zero attached hydrogens (tertiary/aromatic N) is 1. The van der Waals surface area contributed by atoms with Crippen molar-refractivity contribution in [3.8, 4) is 6.07 Å². The van der Waals surface area contributed by atoms with Gasteiger partial charge in [-0.25, -0.2) is 0 Å². The van der Waals surface area contributed by atoms with Crippen molar-refractivity contribution >= 4 is 0 Å². The lowest BCUT2D eigenvalue weighted by molar-refractivity contribution is 0.249. The van der Waals surface area contributed by atoms with Gasteiger partial charge in [-0.15, -0.1) is 0 Å². The quantitative estimate of drug-likeness (QED) is 0.753. The van der Waals surface area contributed by atoms with Crippen molar-refractivity contribution in [2.45, 2.75) is 70.9 Å². The summed E-state index contributed by atoms with van der Waals surface area (Å²) in [5, 5.41) is 12.3. The van der Waals surface area contributed by atoms with E-state index in [2.05, 4.69) is 25.2 Å². The van der Waals surface area contributed by atoms with E-state index in [4.69, 9.17) is 5.26 Å². The molecule has 0 bridgehead atoms. The standard InChI is InChI=1S/C13H24N2/c1-3-13(15-11(2)9-10-14)12-7-5-4-6-8-12/h11-13,15H,3-9H2,1-2H3. The first-order valence-electron chi connectivity index (χ1n) is 6.41. The first-order valence-corrected chi connectivity index (χ1v) is 6.41. The van der Waals surface area contributed by atoms with Gasteiger partial charge >= 0.3 is 0 Å². The number of nitrogens with one attached hydrogen (secondary N) is 1. The van der Waals surface area contributed by atoms with Crippen LogP contribution in [0.1, 0.15) is 58.8 Å². The van der Waals surface area contributed by atoms with E-state index >= 15 is 0 Å². The Labute approximate surface area is 94.1 Å². The summed E-state index contributed by atoms with van der Waals surface area (Å²) in [7, 11) is 0. The molecule has 0 aromatic rings. The number of rotatable bonds is 5. The van der Waals surface area contributed by atoms with Crippen LogP contribution in [0.4, 0.5) is 0 Å². The van der Waals surface area contributed by atoms with Gasteiger partial charge in [0.1, 0.15) is 0 Å². The van der Waals surface area contributed by atoms with E-state index in [0.29, 0.717) is 18.5 Å². The van der Waals surface area contributed by atoms with Crippen LogP contribution in [0.15, 0.2) is 0 Å². The molecular formula is C13H24N2. The molecule has 0 amide bonds. The van der Waals surface area contributed by atoms with E-state index in [1.165, 1.54) is 38.5 Å². The van der Waals surface area contributed by atoms with Crippen molar-refractivity contribution in [3.63, 3.8) is 0 Å². The Kier molecular flexibility index (Phi) is 5.71. The van der Waals surface area contributed by atoms with Crippen LogP contribution in [0, 0.1) is 17.2 Å². The molecule has 2 unspecified atom stereocenters. The molecule has 0 saturated heterocycles. The molecule has 1 saturated carbocycles. The van der Waals surface area contributed by atoms with Crippen molar-refractivity contribution in [1.29, 1.82) is 5.26 Å². The van der Waals surface area contributed by atoms with E-state index in [1.54, 1.807) is 0 Å². The van der Waals surface area contributed by atoms with Gasteiger partial charge in [-0.1, -0.05) is 26.2 Å². The van der Waals surface area contributed by atoms with Crippen LogP contribution in [0.5, 0.6) is 0 Å². The van der Waals surface area contributed by atoms with Crippen LogP contribution in [-0.4, -0.2) is 12.1 Å². The predicted molar refractivity (Wildman–Crippen MR) is 63.5 cm³/mol. The Morgan fingerprint density at radius 2 is 2.00 bits per heavy atom. The minimum atomic E-state index is 0.349. The fourth-order valence-electron chi connectivity index (χ4n) is 2.69. The number of nitriles is 1. The van der Waals surface area contributed by atoms with Crippen molar-refractivity contribution in [3.05, 3.63) is 0 Å². The maximum absolute atomic E-state index is 8.64. The van der Waals surface area contributed by atoms with E-state index < -0.39 is 0 Å². The zero-order valence-corrected chi connectivity index (χ0v) is 10.1. The van der Waals surface area contributed by atoms with Gasteiger partial charge in [0.2, 0.25) is 0 Å². The molecule has 2 atom stereocenters. The summed E-state index contributed by atoms with van der Waals surface area (Å²) in [4.78, 5) is 0. The molecule has 1 N–H and O–H groups in total. The highest BCUT2D eigenvalue weighted by Crippen LogP contribution is 2.27. The van der Waals surface area contributed by atoms with Crippen LogP contribution < -0.4 is 5.32 Å². The second kappa shape index (κ2) is 6.85. The highest BCUT2D eigenvalue weighted by molar-refractivity contribution is 4.84. The lowest BCUT2D eigenvalue weighted by atomic mass is 9.82. The Hall–Kier alpha value is -0.550. The minimum Gasteiger partial charge on any atom is -0.310 e. The van der Waals surface area contributed by atoms with Crippen molar-refractivity contribution in [1.82, 2.24) is 5.32 Å². The summed E-state index contributed by atoms with van der Waals surface area (Å²) >= 11 is 0. The topological polar surface area (TPSA) is 35.8 Å². The largest absolute Gasteiger partial charge is 0.310 e. The van der Waals surface area contributed by atoms with E-state index in [9.17, 15) is 0 Å². The second-order valence-electron chi connectivity index (χ2n) is 4.84. The van der Waals surface area contributed by atoms with Gasteiger partial charge in [-0.2, -0.15) is 5.26 Å². The summed E-state index contributed by atoms with van der Waals surface area (Å²) < 4.78 is 0. The van der Waals surface area contributed by atoms with Crippen molar-refractivity contribution in [2.24, 2.45) is 5.92 Å². The third-order valence-electron chi connectivity index (χ3n) is 3.55. The van der Waals surface area contributed by atoms with Crippen LogP contribution in [0.2, 0.25) is 0 Å². The highest BCUT2D eigenvalue weighted by atomic mass is 14.9. The molecule has 1 fully saturated rings. The normalized spacial score (nSPS) is 21.9. The van der Waals surface area contributed by atoms with Gasteiger partial charge in [0.05, 0.1) is 12.5 Å². The van der Waals surface area contributed by atoms with Gasteiger partial charge in [-0.05, 0) is 32.1 Å². The average Bonchev–Trinajstić information content (AvgIpc) is 2.27. The zero-order chi connectivity index (χ0) is 11.1. The maximum atomic E-state index is 8.64. The zero-order valence-electron chi connectivity index (χ0n) is 10.1. The second-order valence-corrected chi connectivity index (χ2v) is 4.84. The number of hydrogen-bond acceptors (Lipinski definition) is 2. The Morgan fingerprint density at radius 3 is 2.53 bits per heavy atom. The molecule has 1 rings (SSSR count). The van der Waals surface area contributed by atoms with E-state index in [-0.39, 0.29) is 0 Å². The lowest BCUT2D eigenvalue weighted by Gasteiger charge is -2.32. The summed E-state index contributed by atoms with van der Waals surface area (Å²) in [6.07, 6.45) is 8.80. The van der Waals surface area contributed by atoms with E-state index in [1.807, 2.05) is 0 Å². The Bertz CT molecular complexity index is 201. The van der Waals surface area contributed by atoms with E-state index in [0.717, 1.165) is 5.92 Å². The molecule has 15 heavy (non-hydrogen) atoms. The summed E-state index contributed by atoms with van der Waals surface area (Å²) in [6.45, 7) is 4.38.